The number of urea groups is 1. The van der Waals surface area contributed by atoms with Crippen molar-refractivity contribution in [1.82, 2.24) is 4.90 Å². The van der Waals surface area contributed by atoms with Gasteiger partial charge in [-0.3, -0.25) is 4.79 Å². The van der Waals surface area contributed by atoms with Crippen LogP contribution in [0, 0.1) is 6.92 Å². The largest absolute Gasteiger partial charge is 0.496 e. The van der Waals surface area contributed by atoms with Crippen LogP contribution in [-0.4, -0.2) is 37.0 Å². The van der Waals surface area contributed by atoms with Crippen LogP contribution < -0.4 is 15.8 Å². The Hall–Kier alpha value is -3.02. The summed E-state index contributed by atoms with van der Waals surface area (Å²) in [5, 5.41) is 2.88. The van der Waals surface area contributed by atoms with Crippen molar-refractivity contribution in [3.05, 3.63) is 59.2 Å². The van der Waals surface area contributed by atoms with Gasteiger partial charge in [-0.1, -0.05) is 18.2 Å². The summed E-state index contributed by atoms with van der Waals surface area (Å²) in [4.78, 5) is 25.4. The van der Waals surface area contributed by atoms with Gasteiger partial charge in [0.1, 0.15) is 5.75 Å². The molecule has 0 saturated carbocycles. The van der Waals surface area contributed by atoms with Gasteiger partial charge in [-0.05, 0) is 55.7 Å². The quantitative estimate of drug-likeness (QED) is 0.834. The number of hydrogen-bond donors (Lipinski definition) is 2. The summed E-state index contributed by atoms with van der Waals surface area (Å²) in [6, 6.07) is 12.5. The predicted octanol–water partition coefficient (Wildman–Crippen LogP) is 3.20. The first kappa shape index (κ1) is 19.3. The van der Waals surface area contributed by atoms with E-state index >= 15 is 0 Å². The Kier molecular flexibility index (Phi) is 6.22. The highest BCUT2D eigenvalue weighted by Crippen LogP contribution is 2.21. The molecule has 138 valence electrons. The summed E-state index contributed by atoms with van der Waals surface area (Å²) in [5.41, 5.74) is 8.16. The number of methoxy groups -OCH3 is 1. The fourth-order valence-corrected chi connectivity index (χ4v) is 2.69. The van der Waals surface area contributed by atoms with E-state index in [4.69, 9.17) is 10.5 Å². The Morgan fingerprint density at radius 1 is 1.23 bits per heavy atom. The Bertz CT molecular complexity index is 805. The number of carbonyl (C=O) groups is 2. The number of amides is 3. The Morgan fingerprint density at radius 2 is 1.92 bits per heavy atom. The topological polar surface area (TPSA) is 84.7 Å². The number of rotatable bonds is 6. The third-order valence-corrected chi connectivity index (χ3v) is 4.44. The summed E-state index contributed by atoms with van der Waals surface area (Å²) < 4.78 is 5.37. The number of ether oxygens (including phenoxy) is 1. The molecule has 0 saturated heterocycles. The lowest BCUT2D eigenvalue weighted by Crippen LogP contribution is -2.39. The van der Waals surface area contributed by atoms with Crippen LogP contribution in [-0.2, 0) is 6.42 Å². The van der Waals surface area contributed by atoms with Crippen LogP contribution in [0.2, 0.25) is 0 Å². The SMILES string of the molecule is COc1ccccc1CC(C)N(C)C(=O)Nc1ccc(C(N)=O)cc1C. The summed E-state index contributed by atoms with van der Waals surface area (Å²) in [5.74, 6) is 0.319. The van der Waals surface area contributed by atoms with Crippen molar-refractivity contribution in [3.63, 3.8) is 0 Å². The summed E-state index contributed by atoms with van der Waals surface area (Å²) >= 11 is 0. The molecular weight excluding hydrogens is 330 g/mol. The summed E-state index contributed by atoms with van der Waals surface area (Å²) in [6.45, 7) is 3.80. The maximum absolute atomic E-state index is 12.6. The number of primary amides is 1. The molecule has 1 atom stereocenters. The van der Waals surface area contributed by atoms with E-state index in [9.17, 15) is 9.59 Å². The molecule has 0 aliphatic carbocycles. The average Bonchev–Trinajstić information content (AvgIpc) is 2.62. The first-order chi connectivity index (χ1) is 12.3. The van der Waals surface area contributed by atoms with E-state index in [0.717, 1.165) is 16.9 Å². The molecule has 3 N–H and O–H groups in total. The number of hydrogen-bond acceptors (Lipinski definition) is 3. The second-order valence-electron chi connectivity index (χ2n) is 6.30. The number of benzene rings is 2. The van der Waals surface area contributed by atoms with E-state index in [-0.39, 0.29) is 12.1 Å². The molecule has 26 heavy (non-hydrogen) atoms. The highest BCUT2D eigenvalue weighted by molar-refractivity contribution is 5.95. The smallest absolute Gasteiger partial charge is 0.321 e. The van der Waals surface area contributed by atoms with Crippen molar-refractivity contribution in [2.45, 2.75) is 26.3 Å². The normalized spacial score (nSPS) is 11.5. The van der Waals surface area contributed by atoms with Crippen molar-refractivity contribution in [1.29, 1.82) is 0 Å². The minimum Gasteiger partial charge on any atom is -0.496 e. The zero-order chi connectivity index (χ0) is 19.3. The molecule has 0 fully saturated rings. The number of aryl methyl sites for hydroxylation is 1. The van der Waals surface area contributed by atoms with Crippen LogP contribution in [0.3, 0.4) is 0 Å². The molecule has 0 spiro atoms. The van der Waals surface area contributed by atoms with Gasteiger partial charge in [0.15, 0.2) is 0 Å². The summed E-state index contributed by atoms with van der Waals surface area (Å²) in [7, 11) is 3.39. The molecule has 2 aromatic carbocycles. The molecule has 0 radical (unpaired) electrons. The first-order valence-electron chi connectivity index (χ1n) is 8.39. The third-order valence-electron chi connectivity index (χ3n) is 4.44. The van der Waals surface area contributed by atoms with E-state index < -0.39 is 5.91 Å². The van der Waals surface area contributed by atoms with E-state index in [2.05, 4.69) is 5.32 Å². The molecule has 0 aliphatic rings. The van der Waals surface area contributed by atoms with Gasteiger partial charge < -0.3 is 20.7 Å². The van der Waals surface area contributed by atoms with Crippen molar-refractivity contribution >= 4 is 17.6 Å². The number of nitrogens with one attached hydrogen (secondary N) is 1. The fourth-order valence-electron chi connectivity index (χ4n) is 2.69. The Labute approximate surface area is 153 Å². The lowest BCUT2D eigenvalue weighted by atomic mass is 10.1. The maximum Gasteiger partial charge on any atom is 0.321 e. The first-order valence-corrected chi connectivity index (χ1v) is 8.39. The maximum atomic E-state index is 12.6. The van der Waals surface area contributed by atoms with Gasteiger partial charge in [0.2, 0.25) is 5.91 Å². The lowest BCUT2D eigenvalue weighted by Gasteiger charge is -2.26. The number of nitrogens with zero attached hydrogens (tertiary/aromatic N) is 1. The molecule has 2 aromatic rings. The van der Waals surface area contributed by atoms with Crippen LogP contribution in [0.4, 0.5) is 10.5 Å². The summed E-state index contributed by atoms with van der Waals surface area (Å²) in [6.07, 6.45) is 0.674. The number of carbonyl (C=O) groups excluding carboxylic acids is 2. The third kappa shape index (κ3) is 4.53. The minimum atomic E-state index is -0.492. The highest BCUT2D eigenvalue weighted by Gasteiger charge is 2.18. The molecule has 2 rings (SSSR count). The Morgan fingerprint density at radius 3 is 2.54 bits per heavy atom. The van der Waals surface area contributed by atoms with Gasteiger partial charge in [-0.25, -0.2) is 4.79 Å². The van der Waals surface area contributed by atoms with E-state index in [0.29, 0.717) is 17.7 Å². The monoisotopic (exact) mass is 355 g/mol. The van der Waals surface area contributed by atoms with Crippen LogP contribution in [0.25, 0.3) is 0 Å². The van der Waals surface area contributed by atoms with Crippen molar-refractivity contribution in [2.24, 2.45) is 5.73 Å². The van der Waals surface area contributed by atoms with E-state index in [1.807, 2.05) is 38.1 Å². The van der Waals surface area contributed by atoms with Crippen LogP contribution >= 0.6 is 0 Å². The van der Waals surface area contributed by atoms with Crippen LogP contribution in [0.1, 0.15) is 28.4 Å². The van der Waals surface area contributed by atoms with E-state index in [1.54, 1.807) is 37.3 Å². The van der Waals surface area contributed by atoms with Crippen LogP contribution in [0.15, 0.2) is 42.5 Å². The standard InChI is InChI=1S/C20H25N3O3/c1-13-11-16(19(21)24)9-10-17(13)22-20(25)23(3)14(2)12-15-7-5-6-8-18(15)26-4/h5-11,14H,12H2,1-4H3,(H2,21,24)(H,22,25). The molecule has 1 unspecified atom stereocenters. The highest BCUT2D eigenvalue weighted by atomic mass is 16.5. The predicted molar refractivity (Wildman–Crippen MR) is 103 cm³/mol. The molecule has 0 aliphatic heterocycles. The van der Waals surface area contributed by atoms with E-state index in [1.165, 1.54) is 0 Å². The Balaban J connectivity index is 2.06. The molecule has 0 bridgehead atoms. The molecular formula is C20H25N3O3. The van der Waals surface area contributed by atoms with Gasteiger partial charge in [-0.2, -0.15) is 0 Å². The number of nitrogens with two attached hydrogens (primary N) is 1. The zero-order valence-electron chi connectivity index (χ0n) is 15.6. The van der Waals surface area contributed by atoms with Gasteiger partial charge in [0, 0.05) is 24.3 Å². The van der Waals surface area contributed by atoms with Gasteiger partial charge >= 0.3 is 6.03 Å². The lowest BCUT2D eigenvalue weighted by molar-refractivity contribution is 0.1000. The van der Waals surface area contributed by atoms with Gasteiger partial charge in [-0.15, -0.1) is 0 Å². The van der Waals surface area contributed by atoms with Gasteiger partial charge in [0.25, 0.3) is 0 Å². The molecule has 0 heterocycles. The van der Waals surface area contributed by atoms with Crippen molar-refractivity contribution in [2.75, 3.05) is 19.5 Å². The number of anilines is 1. The van der Waals surface area contributed by atoms with Crippen molar-refractivity contribution in [3.8, 4) is 5.75 Å². The second-order valence-corrected chi connectivity index (χ2v) is 6.30. The molecule has 6 nitrogen and oxygen atoms in total. The minimum absolute atomic E-state index is 0.0310. The average molecular weight is 355 g/mol. The number of para-hydroxylation sites is 1. The zero-order valence-corrected chi connectivity index (χ0v) is 15.6. The molecule has 0 aromatic heterocycles. The molecule has 3 amide bonds. The van der Waals surface area contributed by atoms with Crippen LogP contribution in [0.5, 0.6) is 5.75 Å². The molecule has 6 heteroatoms. The second kappa shape index (κ2) is 8.38. The number of likely N-dealkylation sites (N-methyl/N-ethyl adjacent to an activating group) is 1. The van der Waals surface area contributed by atoms with Gasteiger partial charge in [0.05, 0.1) is 7.11 Å². The van der Waals surface area contributed by atoms with Crippen molar-refractivity contribution < 1.29 is 14.3 Å². The fraction of sp³-hybridized carbons (Fsp3) is 0.300.